The van der Waals surface area contributed by atoms with Crippen molar-refractivity contribution in [1.29, 1.82) is 5.26 Å². The van der Waals surface area contributed by atoms with Crippen molar-refractivity contribution in [2.24, 2.45) is 0 Å². The van der Waals surface area contributed by atoms with E-state index in [2.05, 4.69) is 21.4 Å². The molecule has 0 aliphatic rings. The van der Waals surface area contributed by atoms with E-state index in [1.165, 1.54) is 11.0 Å². The van der Waals surface area contributed by atoms with E-state index < -0.39 is 0 Å². The van der Waals surface area contributed by atoms with E-state index in [0.717, 1.165) is 0 Å². The fraction of sp³-hybridized carbons (Fsp3) is 0.0909. The molecule has 17 heavy (non-hydrogen) atoms. The van der Waals surface area contributed by atoms with E-state index >= 15 is 0 Å². The maximum Gasteiger partial charge on any atom is 0.148 e. The van der Waals surface area contributed by atoms with Gasteiger partial charge in [0.2, 0.25) is 0 Å². The third kappa shape index (κ3) is 2.21. The molecule has 0 saturated heterocycles. The number of tetrazole rings is 1. The summed E-state index contributed by atoms with van der Waals surface area (Å²) >= 11 is 0. The average molecular weight is 225 g/mol. The van der Waals surface area contributed by atoms with Crippen molar-refractivity contribution in [2.45, 2.75) is 0 Å². The molecule has 82 valence electrons. The molecule has 0 spiro atoms. The van der Waals surface area contributed by atoms with Gasteiger partial charge in [0.05, 0.1) is 11.6 Å². The van der Waals surface area contributed by atoms with Gasteiger partial charge in [0.15, 0.2) is 0 Å². The minimum absolute atomic E-state index is 0.140. The molecule has 2 rings (SSSR count). The molecule has 0 bridgehead atoms. The highest BCUT2D eigenvalue weighted by atomic mass is 16.5. The molecule has 0 aliphatic carbocycles. The lowest BCUT2D eigenvalue weighted by Gasteiger charge is -2.08. The maximum absolute atomic E-state index is 8.84. The predicted octanol–water partition coefficient (Wildman–Crippen LogP) is 0.546. The van der Waals surface area contributed by atoms with Crippen LogP contribution in [0.2, 0.25) is 0 Å². The lowest BCUT2D eigenvalue weighted by Crippen LogP contribution is -2.02. The number of rotatable bonds is 3. The van der Waals surface area contributed by atoms with Gasteiger partial charge < -0.3 is 4.74 Å². The van der Waals surface area contributed by atoms with Crippen LogP contribution in [0.1, 0.15) is 5.56 Å². The van der Waals surface area contributed by atoms with Crippen LogP contribution in [0, 0.1) is 23.7 Å². The molecule has 6 heteroatoms. The van der Waals surface area contributed by atoms with Crippen molar-refractivity contribution < 1.29 is 4.74 Å². The zero-order valence-corrected chi connectivity index (χ0v) is 8.74. The van der Waals surface area contributed by atoms with Gasteiger partial charge in [0.1, 0.15) is 24.4 Å². The van der Waals surface area contributed by atoms with Crippen LogP contribution in [-0.2, 0) is 0 Å². The molecule has 1 heterocycles. The molecule has 0 aliphatic heterocycles. The highest BCUT2D eigenvalue weighted by Crippen LogP contribution is 2.23. The minimum atomic E-state index is 0.140. The zero-order chi connectivity index (χ0) is 12.1. The van der Waals surface area contributed by atoms with Gasteiger partial charge in [-0.25, -0.2) is 0 Å². The van der Waals surface area contributed by atoms with Gasteiger partial charge in [-0.1, -0.05) is 5.92 Å². The van der Waals surface area contributed by atoms with Crippen LogP contribution in [0.3, 0.4) is 0 Å². The van der Waals surface area contributed by atoms with Crippen LogP contribution in [0.15, 0.2) is 24.5 Å². The first kappa shape index (κ1) is 10.7. The zero-order valence-electron chi connectivity index (χ0n) is 8.74. The number of benzene rings is 1. The topological polar surface area (TPSA) is 76.6 Å². The summed E-state index contributed by atoms with van der Waals surface area (Å²) in [5.74, 6) is 2.89. The highest BCUT2D eigenvalue weighted by Gasteiger charge is 2.08. The van der Waals surface area contributed by atoms with Crippen molar-refractivity contribution >= 4 is 0 Å². The lowest BCUT2D eigenvalue weighted by atomic mass is 10.2. The molecule has 0 amide bonds. The van der Waals surface area contributed by atoms with Crippen LogP contribution in [-0.4, -0.2) is 26.8 Å². The van der Waals surface area contributed by atoms with Crippen molar-refractivity contribution in [3.05, 3.63) is 30.1 Å². The molecule has 0 saturated carbocycles. The van der Waals surface area contributed by atoms with Crippen molar-refractivity contribution in [2.75, 3.05) is 6.61 Å². The van der Waals surface area contributed by atoms with Crippen molar-refractivity contribution in [3.63, 3.8) is 0 Å². The lowest BCUT2D eigenvalue weighted by molar-refractivity contribution is 0.368. The van der Waals surface area contributed by atoms with Crippen LogP contribution in [0.4, 0.5) is 0 Å². The van der Waals surface area contributed by atoms with Gasteiger partial charge >= 0.3 is 0 Å². The Morgan fingerprint density at radius 2 is 2.35 bits per heavy atom. The molecule has 0 unspecified atom stereocenters. The Balaban J connectivity index is 2.46. The van der Waals surface area contributed by atoms with Gasteiger partial charge in [0.25, 0.3) is 0 Å². The molecule has 1 aromatic heterocycles. The Hall–Kier alpha value is -2.86. The molecular formula is C11H7N5O. The molecule has 0 radical (unpaired) electrons. The molecular weight excluding hydrogens is 218 g/mol. The summed E-state index contributed by atoms with van der Waals surface area (Å²) in [6.07, 6.45) is 6.54. The van der Waals surface area contributed by atoms with E-state index in [9.17, 15) is 0 Å². The first-order valence-electron chi connectivity index (χ1n) is 4.69. The predicted molar refractivity (Wildman–Crippen MR) is 58.2 cm³/mol. The summed E-state index contributed by atoms with van der Waals surface area (Å²) in [6, 6.07) is 6.96. The van der Waals surface area contributed by atoms with Crippen LogP contribution in [0.5, 0.6) is 5.75 Å². The number of ether oxygens (including phenoxy) is 1. The Labute approximate surface area is 97.4 Å². The molecule has 0 N–H and O–H groups in total. The van der Waals surface area contributed by atoms with Gasteiger partial charge in [0, 0.05) is 0 Å². The number of nitriles is 1. The second-order valence-electron chi connectivity index (χ2n) is 3.04. The fourth-order valence-electron chi connectivity index (χ4n) is 1.28. The molecule has 6 nitrogen and oxygen atoms in total. The van der Waals surface area contributed by atoms with Gasteiger partial charge in [-0.15, -0.1) is 11.5 Å². The van der Waals surface area contributed by atoms with Gasteiger partial charge in [-0.2, -0.15) is 9.94 Å². The van der Waals surface area contributed by atoms with E-state index in [1.807, 2.05) is 6.07 Å². The average Bonchev–Trinajstić information content (AvgIpc) is 2.90. The maximum atomic E-state index is 8.84. The summed E-state index contributed by atoms with van der Waals surface area (Å²) in [7, 11) is 0. The monoisotopic (exact) mass is 225 g/mol. The van der Waals surface area contributed by atoms with Crippen molar-refractivity contribution in [1.82, 2.24) is 20.2 Å². The summed E-state index contributed by atoms with van der Waals surface area (Å²) < 4.78 is 6.76. The number of terminal acetylenes is 1. The molecule has 0 atom stereocenters. The van der Waals surface area contributed by atoms with Crippen molar-refractivity contribution in [3.8, 4) is 29.8 Å². The van der Waals surface area contributed by atoms with E-state index in [-0.39, 0.29) is 6.61 Å². The summed E-state index contributed by atoms with van der Waals surface area (Å²) in [5.41, 5.74) is 1.06. The van der Waals surface area contributed by atoms with E-state index in [1.54, 1.807) is 18.2 Å². The second-order valence-corrected chi connectivity index (χ2v) is 3.04. The highest BCUT2D eigenvalue weighted by molar-refractivity contribution is 5.51. The number of hydrogen-bond acceptors (Lipinski definition) is 5. The Bertz CT molecular complexity index is 591. The third-order valence-corrected chi connectivity index (χ3v) is 1.99. The Morgan fingerprint density at radius 1 is 1.47 bits per heavy atom. The minimum Gasteiger partial charge on any atom is -0.479 e. The number of nitrogens with zero attached hydrogens (tertiary/aromatic N) is 5. The van der Waals surface area contributed by atoms with E-state index in [4.69, 9.17) is 16.4 Å². The van der Waals surface area contributed by atoms with Crippen LogP contribution < -0.4 is 4.74 Å². The van der Waals surface area contributed by atoms with Crippen LogP contribution >= 0.6 is 0 Å². The van der Waals surface area contributed by atoms with Gasteiger partial charge in [-0.05, 0) is 28.6 Å². The number of hydrogen-bond donors (Lipinski definition) is 0. The largest absolute Gasteiger partial charge is 0.479 e. The second kappa shape index (κ2) is 4.77. The van der Waals surface area contributed by atoms with E-state index in [0.29, 0.717) is 17.0 Å². The van der Waals surface area contributed by atoms with Gasteiger partial charge in [-0.3, -0.25) is 0 Å². The standard InChI is InChI=1S/C11H7N5O/c1-2-5-17-11-4-3-9(7-12)6-10(11)16-8-13-14-15-16/h1,3-4,6,8H,5H2. The first-order valence-corrected chi connectivity index (χ1v) is 4.69. The van der Waals surface area contributed by atoms with Crippen LogP contribution in [0.25, 0.3) is 5.69 Å². The quantitative estimate of drug-likeness (QED) is 0.713. The third-order valence-electron chi connectivity index (χ3n) is 1.99. The fourth-order valence-corrected chi connectivity index (χ4v) is 1.28. The first-order chi connectivity index (χ1) is 8.35. The SMILES string of the molecule is C#CCOc1ccc(C#N)cc1-n1cnnn1. The molecule has 2 aromatic rings. The normalized spacial score (nSPS) is 9.29. The smallest absolute Gasteiger partial charge is 0.148 e. The summed E-state index contributed by atoms with van der Waals surface area (Å²) in [4.78, 5) is 0. The molecule has 1 aromatic carbocycles. The number of aromatic nitrogens is 4. The Kier molecular flexibility index (Phi) is 2.99. The molecule has 0 fully saturated rings. The Morgan fingerprint density at radius 3 is 3.00 bits per heavy atom. The summed E-state index contributed by atoms with van der Waals surface area (Å²) in [5, 5.41) is 19.6. The summed E-state index contributed by atoms with van der Waals surface area (Å²) in [6.45, 7) is 0.140.